The maximum Gasteiger partial charge on any atom is 0.352 e. The van der Waals surface area contributed by atoms with E-state index in [0.29, 0.717) is 28.0 Å². The molecule has 1 aromatic heterocycles. The van der Waals surface area contributed by atoms with E-state index in [1.165, 1.54) is 0 Å². The minimum Gasteiger partial charge on any atom is -0.477 e. The van der Waals surface area contributed by atoms with Crippen LogP contribution in [0, 0.1) is 0 Å². The van der Waals surface area contributed by atoms with Gasteiger partial charge in [-0.05, 0) is 39.2 Å². The van der Waals surface area contributed by atoms with Crippen LogP contribution in [0.25, 0.3) is 10.9 Å². The van der Waals surface area contributed by atoms with Crippen LogP contribution in [0.4, 0.5) is 0 Å². The number of carboxylic acids is 1. The van der Waals surface area contributed by atoms with E-state index >= 15 is 0 Å². The van der Waals surface area contributed by atoms with Crippen LogP contribution in [-0.2, 0) is 11.2 Å². The fourth-order valence-electron chi connectivity index (χ4n) is 2.44. The number of nitrogens with one attached hydrogen (secondary N) is 2. The summed E-state index contributed by atoms with van der Waals surface area (Å²) in [5.74, 6) is -1.28. The second kappa shape index (κ2) is 7.48. The molecule has 0 aliphatic rings. The van der Waals surface area contributed by atoms with Crippen molar-refractivity contribution in [2.75, 3.05) is 27.2 Å². The van der Waals surface area contributed by atoms with Gasteiger partial charge in [0.1, 0.15) is 5.69 Å². The van der Waals surface area contributed by atoms with Gasteiger partial charge < -0.3 is 20.3 Å². The standard InChI is InChI=1S/C16H20ClN3O3/c1-20(2)7-3-6-18-14(21)9-12-11-5-4-10(17)8-13(11)19-15(12)16(22)23/h4-5,8,19H,3,6-7,9H2,1-2H3,(H,18,21)(H,22,23). The molecule has 6 nitrogen and oxygen atoms in total. The van der Waals surface area contributed by atoms with E-state index in [1.54, 1.807) is 18.2 Å². The summed E-state index contributed by atoms with van der Waals surface area (Å²) in [7, 11) is 3.94. The number of hydrogen-bond acceptors (Lipinski definition) is 3. The van der Waals surface area contributed by atoms with Crippen LogP contribution >= 0.6 is 11.6 Å². The molecule has 0 bridgehead atoms. The Morgan fingerprint density at radius 3 is 2.74 bits per heavy atom. The topological polar surface area (TPSA) is 85.4 Å². The zero-order valence-corrected chi connectivity index (χ0v) is 13.9. The molecule has 0 saturated carbocycles. The van der Waals surface area contributed by atoms with E-state index < -0.39 is 5.97 Å². The lowest BCUT2D eigenvalue weighted by Crippen LogP contribution is -2.28. The molecule has 3 N–H and O–H groups in total. The van der Waals surface area contributed by atoms with E-state index in [0.717, 1.165) is 13.0 Å². The van der Waals surface area contributed by atoms with Crippen LogP contribution in [0.1, 0.15) is 22.5 Å². The Kier molecular flexibility index (Phi) is 5.63. The van der Waals surface area contributed by atoms with Crippen molar-refractivity contribution in [3.63, 3.8) is 0 Å². The SMILES string of the molecule is CN(C)CCCNC(=O)Cc1c(C(=O)O)[nH]c2cc(Cl)ccc12. The van der Waals surface area contributed by atoms with Crippen LogP contribution < -0.4 is 5.32 Å². The maximum atomic E-state index is 12.1. The molecular formula is C16H20ClN3O3. The van der Waals surface area contributed by atoms with Crippen molar-refractivity contribution >= 4 is 34.4 Å². The number of amides is 1. The molecule has 0 fully saturated rings. The molecule has 0 saturated heterocycles. The van der Waals surface area contributed by atoms with E-state index in [1.807, 2.05) is 19.0 Å². The number of nitrogens with zero attached hydrogens (tertiary/aromatic N) is 1. The fourth-order valence-corrected chi connectivity index (χ4v) is 2.61. The summed E-state index contributed by atoms with van der Waals surface area (Å²) in [5, 5.41) is 13.4. The molecule has 2 aromatic rings. The van der Waals surface area contributed by atoms with Gasteiger partial charge in [0.25, 0.3) is 0 Å². The number of fused-ring (bicyclic) bond motifs is 1. The first-order chi connectivity index (χ1) is 10.9. The molecule has 0 radical (unpaired) electrons. The van der Waals surface area contributed by atoms with E-state index in [-0.39, 0.29) is 18.0 Å². The molecule has 0 atom stereocenters. The molecule has 0 unspecified atom stereocenters. The Labute approximate surface area is 139 Å². The van der Waals surface area contributed by atoms with E-state index in [9.17, 15) is 14.7 Å². The van der Waals surface area contributed by atoms with Gasteiger partial charge in [-0.15, -0.1) is 0 Å². The van der Waals surface area contributed by atoms with Gasteiger partial charge in [-0.3, -0.25) is 4.79 Å². The number of benzene rings is 1. The van der Waals surface area contributed by atoms with Gasteiger partial charge in [0.15, 0.2) is 0 Å². The van der Waals surface area contributed by atoms with Crippen LogP contribution in [0.15, 0.2) is 18.2 Å². The molecule has 1 amide bonds. The van der Waals surface area contributed by atoms with E-state index in [4.69, 9.17) is 11.6 Å². The van der Waals surface area contributed by atoms with Crippen LogP contribution in [-0.4, -0.2) is 54.1 Å². The molecule has 0 aliphatic carbocycles. The first-order valence-corrected chi connectivity index (χ1v) is 7.71. The average molecular weight is 338 g/mol. The minimum atomic E-state index is -1.09. The van der Waals surface area contributed by atoms with Crippen molar-refractivity contribution in [2.24, 2.45) is 0 Å². The number of aromatic nitrogens is 1. The molecule has 7 heteroatoms. The number of carboxylic acid groups (broad SMARTS) is 1. The van der Waals surface area contributed by atoms with Crippen molar-refractivity contribution < 1.29 is 14.7 Å². The number of H-pyrrole nitrogens is 1. The maximum absolute atomic E-state index is 12.1. The summed E-state index contributed by atoms with van der Waals surface area (Å²) in [4.78, 5) is 28.3. The Bertz CT molecular complexity index is 725. The Morgan fingerprint density at radius 1 is 1.35 bits per heavy atom. The Morgan fingerprint density at radius 2 is 2.09 bits per heavy atom. The number of aromatic amines is 1. The van der Waals surface area contributed by atoms with Crippen molar-refractivity contribution in [3.8, 4) is 0 Å². The highest BCUT2D eigenvalue weighted by atomic mass is 35.5. The normalized spacial score (nSPS) is 11.1. The summed E-state index contributed by atoms with van der Waals surface area (Å²) in [6.45, 7) is 1.44. The van der Waals surface area contributed by atoms with Crippen molar-refractivity contribution in [1.29, 1.82) is 0 Å². The number of carbonyl (C=O) groups is 2. The fraction of sp³-hybridized carbons (Fsp3) is 0.375. The number of halogens is 1. The quantitative estimate of drug-likeness (QED) is 0.676. The third-order valence-electron chi connectivity index (χ3n) is 3.52. The molecule has 0 spiro atoms. The number of rotatable bonds is 7. The van der Waals surface area contributed by atoms with Crippen molar-refractivity contribution in [2.45, 2.75) is 12.8 Å². The highest BCUT2D eigenvalue weighted by molar-refractivity contribution is 6.31. The lowest BCUT2D eigenvalue weighted by atomic mass is 10.1. The second-order valence-electron chi connectivity index (χ2n) is 5.66. The summed E-state index contributed by atoms with van der Waals surface area (Å²) in [5.41, 5.74) is 1.13. The molecule has 2 rings (SSSR count). The van der Waals surface area contributed by atoms with Crippen LogP contribution in [0.2, 0.25) is 5.02 Å². The van der Waals surface area contributed by atoms with Gasteiger partial charge in [0, 0.05) is 28.0 Å². The molecular weight excluding hydrogens is 318 g/mol. The van der Waals surface area contributed by atoms with Gasteiger partial charge in [-0.1, -0.05) is 17.7 Å². The summed E-state index contributed by atoms with van der Waals surface area (Å²) < 4.78 is 0. The summed E-state index contributed by atoms with van der Waals surface area (Å²) in [6.07, 6.45) is 0.860. The lowest BCUT2D eigenvalue weighted by Gasteiger charge is -2.10. The van der Waals surface area contributed by atoms with Gasteiger partial charge in [-0.2, -0.15) is 0 Å². The smallest absolute Gasteiger partial charge is 0.352 e. The molecule has 0 aliphatic heterocycles. The van der Waals surface area contributed by atoms with Gasteiger partial charge in [0.2, 0.25) is 5.91 Å². The van der Waals surface area contributed by atoms with Crippen molar-refractivity contribution in [3.05, 3.63) is 34.5 Å². The zero-order chi connectivity index (χ0) is 17.0. The lowest BCUT2D eigenvalue weighted by molar-refractivity contribution is -0.120. The molecule has 124 valence electrons. The highest BCUT2D eigenvalue weighted by Gasteiger charge is 2.19. The average Bonchev–Trinajstić information content (AvgIpc) is 2.81. The van der Waals surface area contributed by atoms with E-state index in [2.05, 4.69) is 10.3 Å². The molecule has 1 heterocycles. The Hall–Kier alpha value is -2.05. The first kappa shape index (κ1) is 17.3. The molecule has 1 aromatic carbocycles. The van der Waals surface area contributed by atoms with Crippen LogP contribution in [0.3, 0.4) is 0 Å². The van der Waals surface area contributed by atoms with Gasteiger partial charge in [-0.25, -0.2) is 4.79 Å². The first-order valence-electron chi connectivity index (χ1n) is 7.33. The third kappa shape index (κ3) is 4.46. The third-order valence-corrected chi connectivity index (χ3v) is 3.76. The molecule has 23 heavy (non-hydrogen) atoms. The van der Waals surface area contributed by atoms with Crippen LogP contribution in [0.5, 0.6) is 0 Å². The minimum absolute atomic E-state index is 0.0191. The Balaban J connectivity index is 2.13. The largest absolute Gasteiger partial charge is 0.477 e. The number of carbonyl (C=O) groups excluding carboxylic acids is 1. The van der Waals surface area contributed by atoms with Crippen molar-refractivity contribution in [1.82, 2.24) is 15.2 Å². The zero-order valence-electron chi connectivity index (χ0n) is 13.1. The predicted molar refractivity (Wildman–Crippen MR) is 90.2 cm³/mol. The van der Waals surface area contributed by atoms with Gasteiger partial charge >= 0.3 is 5.97 Å². The summed E-state index contributed by atoms with van der Waals surface area (Å²) >= 11 is 5.92. The number of aromatic carboxylic acids is 1. The number of hydrogen-bond donors (Lipinski definition) is 3. The monoisotopic (exact) mass is 337 g/mol. The predicted octanol–water partition coefficient (Wildman–Crippen LogP) is 2.13. The van der Waals surface area contributed by atoms with Gasteiger partial charge in [0.05, 0.1) is 6.42 Å². The highest BCUT2D eigenvalue weighted by Crippen LogP contribution is 2.26. The summed E-state index contributed by atoms with van der Waals surface area (Å²) in [6, 6.07) is 5.07. The second-order valence-corrected chi connectivity index (χ2v) is 6.09.